The van der Waals surface area contributed by atoms with Crippen molar-refractivity contribution in [3.8, 4) is 34.3 Å². The molecule has 3 aliphatic rings. The molecule has 202 valence electrons. The van der Waals surface area contributed by atoms with Crippen molar-refractivity contribution in [2.75, 3.05) is 11.9 Å². The molecule has 3 aromatic carbocycles. The van der Waals surface area contributed by atoms with Crippen molar-refractivity contribution in [2.45, 2.75) is 24.8 Å². The lowest BCUT2D eigenvalue weighted by atomic mass is 9.70. The predicted octanol–water partition coefficient (Wildman–Crippen LogP) is 6.04. The molecule has 0 bridgehead atoms. The molecule has 6 rings (SSSR count). The van der Waals surface area contributed by atoms with E-state index >= 15 is 0 Å². The smallest absolute Gasteiger partial charge is 0.336 e. The second-order valence-corrected chi connectivity index (χ2v) is 10.8. The van der Waals surface area contributed by atoms with Crippen LogP contribution in [0.1, 0.15) is 35.3 Å². The Labute approximate surface area is 236 Å². The Bertz CT molecular complexity index is 1980. The molecule has 0 spiro atoms. The van der Waals surface area contributed by atoms with Crippen LogP contribution in [-0.4, -0.2) is 23.7 Å². The van der Waals surface area contributed by atoms with Gasteiger partial charge in [0.05, 0.1) is 11.6 Å². The Morgan fingerprint density at radius 3 is 2.49 bits per heavy atom. The maximum Gasteiger partial charge on any atom is 0.336 e. The van der Waals surface area contributed by atoms with Gasteiger partial charge in [0.25, 0.3) is 0 Å². The highest BCUT2D eigenvalue weighted by molar-refractivity contribution is 6.09. The largest absolute Gasteiger partial charge is 0.872 e. The van der Waals surface area contributed by atoms with Crippen molar-refractivity contribution in [3.05, 3.63) is 112 Å². The van der Waals surface area contributed by atoms with Gasteiger partial charge in [-0.25, -0.2) is 4.79 Å². The number of nitrogens with zero attached hydrogens (tertiary/aromatic N) is 2. The van der Waals surface area contributed by atoms with E-state index in [9.17, 15) is 25.1 Å². The van der Waals surface area contributed by atoms with Crippen LogP contribution < -0.4 is 15.4 Å². The number of para-hydroxylation sites is 1. The van der Waals surface area contributed by atoms with Gasteiger partial charge >= 0.3 is 5.97 Å². The summed E-state index contributed by atoms with van der Waals surface area (Å²) in [4.78, 5) is 26.4. The van der Waals surface area contributed by atoms with Crippen molar-refractivity contribution in [3.63, 3.8) is 0 Å². The number of fused-ring (bicyclic) bond motifs is 3. The molecule has 1 unspecified atom stereocenters. The van der Waals surface area contributed by atoms with E-state index in [0.29, 0.717) is 22.1 Å². The maximum absolute atomic E-state index is 13.4. The number of aromatic carboxylic acids is 1. The number of hydrogen-bond acceptors (Lipinski definition) is 6. The molecular weight excluding hydrogens is 516 g/mol. The van der Waals surface area contributed by atoms with Crippen LogP contribution in [0.25, 0.3) is 39.5 Å². The number of rotatable bonds is 4. The number of carbonyl (C=O) groups is 1. The molecule has 7 heteroatoms. The topological polar surface area (TPSA) is 118 Å². The van der Waals surface area contributed by atoms with Crippen molar-refractivity contribution in [1.29, 1.82) is 5.26 Å². The summed E-state index contributed by atoms with van der Waals surface area (Å²) in [5.74, 6) is -1.22. The number of carboxylic acids is 1. The SMILES string of the molecule is CN1c2ccccc2C(C)(C)C1(C#N)/C=C/c1c([O-])ccc2c(-c3ccccc3C(=O)O)c3ccc(=O)cc-3oc12. The Balaban J connectivity index is 1.65. The van der Waals surface area contributed by atoms with Crippen molar-refractivity contribution < 1.29 is 19.4 Å². The molecule has 7 nitrogen and oxygen atoms in total. The van der Waals surface area contributed by atoms with Gasteiger partial charge in [-0.05, 0) is 41.5 Å². The third kappa shape index (κ3) is 3.65. The third-order valence-electron chi connectivity index (χ3n) is 8.37. The summed E-state index contributed by atoms with van der Waals surface area (Å²) in [6.45, 7) is 4.00. The summed E-state index contributed by atoms with van der Waals surface area (Å²) in [5.41, 5.74) is 1.89. The molecule has 0 saturated heterocycles. The van der Waals surface area contributed by atoms with Crippen LogP contribution >= 0.6 is 0 Å². The van der Waals surface area contributed by atoms with E-state index in [0.717, 1.165) is 11.3 Å². The van der Waals surface area contributed by atoms with E-state index in [1.54, 1.807) is 42.5 Å². The molecule has 2 heterocycles. The van der Waals surface area contributed by atoms with Crippen LogP contribution in [-0.2, 0) is 5.41 Å². The Hall–Kier alpha value is -5.35. The molecule has 0 aromatic heterocycles. The van der Waals surface area contributed by atoms with Crippen LogP contribution in [0.15, 0.2) is 94.2 Å². The minimum atomic E-state index is -1.12. The number of carboxylic acid groups (broad SMARTS) is 1. The zero-order valence-corrected chi connectivity index (χ0v) is 22.6. The van der Waals surface area contributed by atoms with Crippen LogP contribution in [0.5, 0.6) is 5.75 Å². The Morgan fingerprint density at radius 2 is 1.76 bits per heavy atom. The highest BCUT2D eigenvalue weighted by Crippen LogP contribution is 2.52. The number of anilines is 1. The minimum absolute atomic E-state index is 0.0753. The number of nitriles is 1. The first-order valence-corrected chi connectivity index (χ1v) is 13.1. The standard InChI is InChI=1S/C34H26N2O5/c1-33(2)26-10-6-7-11-27(26)36(3)34(33,19-35)17-16-23-28(38)15-14-25-30(21-8-4-5-9-22(21)32(39)40)24-13-12-20(37)18-29(24)41-31(23)25/h4-18,38H,1-3H3,(H,39,40)/p-1/b17-16+. The van der Waals surface area contributed by atoms with Crippen LogP contribution in [0.4, 0.5) is 5.69 Å². The summed E-state index contributed by atoms with van der Waals surface area (Å²) < 4.78 is 6.23. The number of benzene rings is 4. The van der Waals surface area contributed by atoms with Gasteiger partial charge in [-0.1, -0.05) is 74.2 Å². The van der Waals surface area contributed by atoms with Gasteiger partial charge in [0.1, 0.15) is 11.3 Å². The average Bonchev–Trinajstić information content (AvgIpc) is 3.13. The molecule has 0 radical (unpaired) electrons. The quantitative estimate of drug-likeness (QED) is 0.276. The third-order valence-corrected chi connectivity index (χ3v) is 8.37. The lowest BCUT2D eigenvalue weighted by Crippen LogP contribution is -2.51. The minimum Gasteiger partial charge on any atom is -0.872 e. The fourth-order valence-corrected chi connectivity index (χ4v) is 6.16. The zero-order valence-electron chi connectivity index (χ0n) is 22.6. The van der Waals surface area contributed by atoms with Gasteiger partial charge in [0.15, 0.2) is 11.0 Å². The fourth-order valence-electron chi connectivity index (χ4n) is 6.16. The van der Waals surface area contributed by atoms with E-state index in [1.807, 2.05) is 50.1 Å². The monoisotopic (exact) mass is 541 g/mol. The Kier molecular flexibility index (Phi) is 5.75. The van der Waals surface area contributed by atoms with Gasteiger partial charge in [0, 0.05) is 46.3 Å². The van der Waals surface area contributed by atoms with Crippen LogP contribution in [0.3, 0.4) is 0 Å². The van der Waals surface area contributed by atoms with Gasteiger partial charge in [0.2, 0.25) is 0 Å². The summed E-state index contributed by atoms with van der Waals surface area (Å²) in [5, 5.41) is 34.4. The lowest BCUT2D eigenvalue weighted by Gasteiger charge is -2.38. The lowest BCUT2D eigenvalue weighted by molar-refractivity contribution is -0.268. The predicted molar refractivity (Wildman–Crippen MR) is 156 cm³/mol. The summed E-state index contributed by atoms with van der Waals surface area (Å²) >= 11 is 0. The first-order chi connectivity index (χ1) is 19.6. The summed E-state index contributed by atoms with van der Waals surface area (Å²) in [6.07, 6.45) is 3.35. The highest BCUT2D eigenvalue weighted by Gasteiger charge is 2.54. The van der Waals surface area contributed by atoms with Gasteiger partial charge in [-0.3, -0.25) is 4.79 Å². The molecule has 1 aliphatic carbocycles. The maximum atomic E-state index is 13.4. The normalized spacial score (nSPS) is 17.7. The molecule has 3 aromatic rings. The van der Waals surface area contributed by atoms with Crippen LogP contribution in [0.2, 0.25) is 0 Å². The molecule has 2 aliphatic heterocycles. The van der Waals surface area contributed by atoms with Crippen molar-refractivity contribution >= 4 is 28.7 Å². The van der Waals surface area contributed by atoms with E-state index < -0.39 is 16.9 Å². The van der Waals surface area contributed by atoms with Gasteiger partial charge in [-0.2, -0.15) is 5.26 Å². The van der Waals surface area contributed by atoms with Crippen molar-refractivity contribution in [2.24, 2.45) is 0 Å². The van der Waals surface area contributed by atoms with Gasteiger partial charge < -0.3 is 19.5 Å². The second-order valence-electron chi connectivity index (χ2n) is 10.8. The molecule has 1 atom stereocenters. The van der Waals surface area contributed by atoms with Gasteiger partial charge in [-0.15, -0.1) is 0 Å². The number of likely N-dealkylation sites (N-methyl/N-ethyl adjacent to an activating group) is 1. The highest BCUT2D eigenvalue weighted by atomic mass is 16.4. The Morgan fingerprint density at radius 1 is 1.02 bits per heavy atom. The summed E-state index contributed by atoms with van der Waals surface area (Å²) in [6, 6.07) is 24.3. The first-order valence-electron chi connectivity index (χ1n) is 13.1. The van der Waals surface area contributed by atoms with E-state index in [4.69, 9.17) is 4.42 Å². The average molecular weight is 542 g/mol. The summed E-state index contributed by atoms with van der Waals surface area (Å²) in [7, 11) is 1.86. The van der Waals surface area contributed by atoms with E-state index in [1.165, 1.54) is 24.3 Å². The van der Waals surface area contributed by atoms with Crippen molar-refractivity contribution in [1.82, 2.24) is 0 Å². The molecule has 0 saturated carbocycles. The zero-order chi connectivity index (χ0) is 29.1. The molecule has 1 N–H and O–H groups in total. The van der Waals surface area contributed by atoms with Crippen LogP contribution in [0, 0.1) is 11.3 Å². The molecule has 41 heavy (non-hydrogen) atoms. The molecule has 0 amide bonds. The van der Waals surface area contributed by atoms with E-state index in [2.05, 4.69) is 6.07 Å². The fraction of sp³-hybridized carbons (Fsp3) is 0.147. The van der Waals surface area contributed by atoms with E-state index in [-0.39, 0.29) is 33.6 Å². The second kappa shape index (κ2) is 9.10. The number of hydrogen-bond donors (Lipinski definition) is 1. The first kappa shape index (κ1) is 25.9. The molecule has 0 fully saturated rings. The molecular formula is C34H25N2O5-.